The molecule has 1 atom stereocenters. The number of aryl methyl sites for hydroxylation is 1. The number of halogens is 2. The van der Waals surface area contributed by atoms with Crippen LogP contribution in [0.2, 0.25) is 0 Å². The molecule has 0 aromatic heterocycles. The van der Waals surface area contributed by atoms with Crippen LogP contribution in [0.4, 0.5) is 0 Å². The van der Waals surface area contributed by atoms with Crippen LogP contribution in [-0.2, 0) is 17.9 Å². The van der Waals surface area contributed by atoms with Crippen LogP contribution in [0.15, 0.2) is 115 Å². The van der Waals surface area contributed by atoms with Gasteiger partial charge in [0.15, 0.2) is 0 Å². The molecule has 40 heavy (non-hydrogen) atoms. The SMILES string of the molecule is CCC1=Cc2c(ccc(-c3ccccc3)c2-c2ccccc2C)[CH]1[Zr]([Cl])([Cl])[c]1cccc2c1[SiH2]c1ccccc1-2. The van der Waals surface area contributed by atoms with Crippen LogP contribution in [0.3, 0.4) is 0 Å². The van der Waals surface area contributed by atoms with Crippen molar-refractivity contribution >= 4 is 46.3 Å². The van der Waals surface area contributed by atoms with Gasteiger partial charge in [0, 0.05) is 0 Å². The van der Waals surface area contributed by atoms with Gasteiger partial charge >= 0.3 is 253 Å². The molecule has 1 unspecified atom stereocenters. The number of benzene rings is 5. The van der Waals surface area contributed by atoms with Crippen molar-refractivity contribution in [2.75, 3.05) is 0 Å². The maximum atomic E-state index is 7.84. The second-order valence-electron chi connectivity index (χ2n) is 11.0. The van der Waals surface area contributed by atoms with E-state index in [-0.39, 0.29) is 3.63 Å². The Hall–Kier alpha value is -2.48. The average Bonchev–Trinajstić information content (AvgIpc) is 3.56. The molecule has 1 aliphatic carbocycles. The molecule has 0 saturated carbocycles. The molecule has 7 rings (SSSR count). The molecule has 0 N–H and O–H groups in total. The summed E-state index contributed by atoms with van der Waals surface area (Å²) in [5.41, 5.74) is 13.1. The normalized spacial score (nSPS) is 16.0. The molecule has 0 radical (unpaired) electrons. The Labute approximate surface area is 251 Å². The van der Waals surface area contributed by atoms with E-state index in [0.717, 1.165) is 6.42 Å². The fourth-order valence-electron chi connectivity index (χ4n) is 6.87. The fourth-order valence-corrected chi connectivity index (χ4v) is 23.9. The van der Waals surface area contributed by atoms with Crippen LogP contribution in [0, 0.1) is 6.92 Å². The molecule has 0 nitrogen and oxygen atoms in total. The van der Waals surface area contributed by atoms with Crippen LogP contribution >= 0.6 is 17.0 Å². The molecule has 0 bridgehead atoms. The van der Waals surface area contributed by atoms with Crippen molar-refractivity contribution in [3.63, 3.8) is 0 Å². The summed E-state index contributed by atoms with van der Waals surface area (Å²) in [6.07, 6.45) is 3.37. The van der Waals surface area contributed by atoms with Gasteiger partial charge in [-0.2, -0.15) is 0 Å². The van der Waals surface area contributed by atoms with E-state index < -0.39 is 27.4 Å². The number of fused-ring (bicyclic) bond motifs is 4. The topological polar surface area (TPSA) is 0 Å². The van der Waals surface area contributed by atoms with Crippen LogP contribution in [-0.4, -0.2) is 9.52 Å². The number of hydrogen-bond acceptors (Lipinski definition) is 0. The summed E-state index contributed by atoms with van der Waals surface area (Å²) in [6, 6.07) is 39.7. The molecule has 0 fully saturated rings. The average molecular weight is 653 g/mol. The maximum absolute atomic E-state index is 7.84. The van der Waals surface area contributed by atoms with Crippen LogP contribution in [0.1, 0.15) is 33.7 Å². The Morgan fingerprint density at radius 3 is 2.17 bits per heavy atom. The minimum absolute atomic E-state index is 0.0921. The van der Waals surface area contributed by atoms with Gasteiger partial charge in [-0.05, 0) is 0 Å². The van der Waals surface area contributed by atoms with Crippen molar-refractivity contribution in [1.29, 1.82) is 0 Å². The van der Waals surface area contributed by atoms with Crippen molar-refractivity contribution in [1.82, 2.24) is 0 Å². The Morgan fingerprint density at radius 2 is 1.40 bits per heavy atom. The predicted octanol–water partition coefficient (Wildman–Crippen LogP) is 8.06. The summed E-state index contributed by atoms with van der Waals surface area (Å²) in [5.74, 6) is 0. The molecule has 196 valence electrons. The van der Waals surface area contributed by atoms with E-state index in [4.69, 9.17) is 17.0 Å². The van der Waals surface area contributed by atoms with Gasteiger partial charge in [0.1, 0.15) is 0 Å². The monoisotopic (exact) mass is 650 g/mol. The van der Waals surface area contributed by atoms with Gasteiger partial charge in [-0.15, -0.1) is 0 Å². The fraction of sp³-hybridized carbons (Fsp3) is 0.111. The van der Waals surface area contributed by atoms with Gasteiger partial charge in [-0.3, -0.25) is 0 Å². The zero-order chi connectivity index (χ0) is 27.4. The van der Waals surface area contributed by atoms with Gasteiger partial charge in [0.2, 0.25) is 0 Å². The molecule has 5 aromatic carbocycles. The summed E-state index contributed by atoms with van der Waals surface area (Å²) in [6.45, 7) is 4.47. The first-order valence-electron chi connectivity index (χ1n) is 14.1. The van der Waals surface area contributed by atoms with Gasteiger partial charge < -0.3 is 0 Å². The van der Waals surface area contributed by atoms with E-state index in [0.29, 0.717) is 0 Å². The quantitative estimate of drug-likeness (QED) is 0.165. The molecular weight excluding hydrogens is 623 g/mol. The third kappa shape index (κ3) is 4.19. The Balaban J connectivity index is 1.44. The molecule has 1 aliphatic heterocycles. The van der Waals surface area contributed by atoms with E-state index >= 15 is 0 Å². The van der Waals surface area contributed by atoms with Crippen LogP contribution < -0.4 is 13.6 Å². The molecule has 0 amide bonds. The van der Waals surface area contributed by atoms with Gasteiger partial charge in [0.25, 0.3) is 0 Å². The van der Waals surface area contributed by atoms with E-state index in [1.54, 1.807) is 0 Å². The molecule has 5 aromatic rings. The van der Waals surface area contributed by atoms with E-state index in [1.165, 1.54) is 69.3 Å². The molecule has 0 spiro atoms. The standard InChI is InChI=1S/C24H21.C12H9Si.2ClH.Zr/c1-3-18-15-20-13-14-22(19-10-5-4-6-11-19)24(23(20)16-18)21-12-8-7-9-17(21)2;1-3-7-11-9(5-1)10-6-2-4-8-12(10)13-11;;;/h4-16H,3H2,1-2H3;1-7H,13H2;2*1H;/q;;;;+2/p-2. The molecule has 4 heteroatoms. The Morgan fingerprint density at radius 1 is 0.700 bits per heavy atom. The minimum atomic E-state index is -3.99. The summed E-state index contributed by atoms with van der Waals surface area (Å²) in [4.78, 5) is 0. The van der Waals surface area contributed by atoms with Crippen molar-refractivity contribution in [3.8, 4) is 33.4 Å². The number of allylic oxidation sites excluding steroid dienone is 1. The van der Waals surface area contributed by atoms with Crippen molar-refractivity contribution in [2.45, 2.75) is 23.9 Å². The first kappa shape index (κ1) is 26.4. The summed E-state index contributed by atoms with van der Waals surface area (Å²) in [7, 11) is 15.1. The Kier molecular flexibility index (Phi) is 6.88. The summed E-state index contributed by atoms with van der Waals surface area (Å²) >= 11 is -3.99. The number of hydrogen-bond donors (Lipinski definition) is 0. The van der Waals surface area contributed by atoms with E-state index in [1.807, 2.05) is 0 Å². The third-order valence-electron chi connectivity index (χ3n) is 8.77. The van der Waals surface area contributed by atoms with E-state index in [9.17, 15) is 0 Å². The molecular formula is C36H30Cl2SiZr. The first-order chi connectivity index (χ1) is 19.5. The zero-order valence-corrected chi connectivity index (χ0v) is 28.1. The van der Waals surface area contributed by atoms with E-state index in [2.05, 4.69) is 129 Å². The van der Waals surface area contributed by atoms with Crippen molar-refractivity contribution in [3.05, 3.63) is 131 Å². The third-order valence-corrected chi connectivity index (χ3v) is 23.1. The van der Waals surface area contributed by atoms with Crippen LogP contribution in [0.25, 0.3) is 39.5 Å². The summed E-state index contributed by atoms with van der Waals surface area (Å²) in [5, 5.41) is 2.99. The van der Waals surface area contributed by atoms with Crippen LogP contribution in [0.5, 0.6) is 0 Å². The predicted molar refractivity (Wildman–Crippen MR) is 174 cm³/mol. The van der Waals surface area contributed by atoms with Gasteiger partial charge in [-0.1, -0.05) is 0 Å². The second-order valence-corrected chi connectivity index (χ2v) is 26.8. The molecule has 0 saturated heterocycles. The number of rotatable bonds is 5. The molecule has 1 heterocycles. The first-order valence-corrected chi connectivity index (χ1v) is 24.5. The zero-order valence-electron chi connectivity index (χ0n) is 22.7. The van der Waals surface area contributed by atoms with Gasteiger partial charge in [0.05, 0.1) is 0 Å². The van der Waals surface area contributed by atoms with Crippen molar-refractivity contribution in [2.24, 2.45) is 0 Å². The van der Waals surface area contributed by atoms with Crippen molar-refractivity contribution < 1.29 is 17.9 Å². The Bertz CT molecular complexity index is 1810. The second kappa shape index (κ2) is 10.4. The van der Waals surface area contributed by atoms with Gasteiger partial charge in [-0.25, -0.2) is 0 Å². The molecule has 2 aliphatic rings. The summed E-state index contributed by atoms with van der Waals surface area (Å²) < 4.78 is 1.38.